The Morgan fingerprint density at radius 1 is 1.00 bits per heavy atom. The van der Waals surface area contributed by atoms with E-state index in [0.29, 0.717) is 0 Å². The molecule has 2 nitrogen and oxygen atoms in total. The summed E-state index contributed by atoms with van der Waals surface area (Å²) < 4.78 is 6.14. The van der Waals surface area contributed by atoms with E-state index in [1.54, 1.807) is 0 Å². The molecule has 0 aromatic heterocycles. The van der Waals surface area contributed by atoms with Crippen LogP contribution in [0.2, 0.25) is 0 Å². The summed E-state index contributed by atoms with van der Waals surface area (Å²) in [5.74, 6) is 0. The first-order valence-electron chi connectivity index (χ1n) is 7.66. The Balaban J connectivity index is 2.08. The molecule has 2 aromatic carbocycles. The van der Waals surface area contributed by atoms with Crippen LogP contribution >= 0.6 is 0 Å². The third kappa shape index (κ3) is 2.44. The van der Waals surface area contributed by atoms with Gasteiger partial charge in [-0.05, 0) is 18.6 Å². The average molecular weight is 281 g/mol. The number of ether oxygens (including phenoxy) is 1. The van der Waals surface area contributed by atoms with Gasteiger partial charge < -0.3 is 10.1 Å². The molecule has 2 heteroatoms. The zero-order chi connectivity index (χ0) is 14.9. The summed E-state index contributed by atoms with van der Waals surface area (Å²) in [7, 11) is 0. The molecule has 1 aliphatic rings. The number of anilines is 1. The van der Waals surface area contributed by atoms with E-state index in [1.165, 1.54) is 16.8 Å². The molecule has 0 spiro atoms. The fourth-order valence-electron chi connectivity index (χ4n) is 3.38. The van der Waals surface area contributed by atoms with Crippen molar-refractivity contribution in [1.82, 2.24) is 0 Å². The molecule has 0 amide bonds. The Hall–Kier alpha value is -1.80. The third-order valence-corrected chi connectivity index (χ3v) is 4.43. The standard InChI is InChI=1S/C19H23NO/c1-4-21-18-15-12-8-9-13-16(15)20-17(19(18,2)3)14-10-6-5-7-11-14/h5-13,17-18,20H,4H2,1-3H3. The van der Waals surface area contributed by atoms with E-state index in [9.17, 15) is 0 Å². The lowest BCUT2D eigenvalue weighted by molar-refractivity contribution is -0.0353. The molecule has 110 valence electrons. The van der Waals surface area contributed by atoms with E-state index in [0.717, 1.165) is 6.61 Å². The predicted octanol–water partition coefficient (Wildman–Crippen LogP) is 4.96. The minimum Gasteiger partial charge on any atom is -0.377 e. The second-order valence-electron chi connectivity index (χ2n) is 6.23. The van der Waals surface area contributed by atoms with Gasteiger partial charge in [0, 0.05) is 23.3 Å². The average Bonchev–Trinajstić information content (AvgIpc) is 2.50. The normalized spacial score (nSPS) is 23.2. The van der Waals surface area contributed by atoms with Crippen LogP contribution in [0, 0.1) is 5.41 Å². The van der Waals surface area contributed by atoms with Crippen LogP contribution in [0.5, 0.6) is 0 Å². The van der Waals surface area contributed by atoms with Crippen LogP contribution in [0.25, 0.3) is 0 Å². The first-order chi connectivity index (χ1) is 10.1. The number of hydrogen-bond donors (Lipinski definition) is 1. The number of hydrogen-bond acceptors (Lipinski definition) is 2. The smallest absolute Gasteiger partial charge is 0.0918 e. The second kappa shape index (κ2) is 5.53. The maximum atomic E-state index is 6.14. The zero-order valence-electron chi connectivity index (χ0n) is 13.0. The first kappa shape index (κ1) is 14.2. The summed E-state index contributed by atoms with van der Waals surface area (Å²) in [6.45, 7) is 7.37. The van der Waals surface area contributed by atoms with Gasteiger partial charge in [-0.25, -0.2) is 0 Å². The van der Waals surface area contributed by atoms with Crippen LogP contribution in [0.3, 0.4) is 0 Å². The van der Waals surface area contributed by atoms with Gasteiger partial charge in [0.1, 0.15) is 0 Å². The van der Waals surface area contributed by atoms with Crippen molar-refractivity contribution < 1.29 is 4.74 Å². The van der Waals surface area contributed by atoms with Gasteiger partial charge in [-0.2, -0.15) is 0 Å². The van der Waals surface area contributed by atoms with E-state index in [-0.39, 0.29) is 17.6 Å². The summed E-state index contributed by atoms with van der Waals surface area (Å²) in [5, 5.41) is 3.71. The molecule has 2 unspecified atom stereocenters. The van der Waals surface area contributed by atoms with Crippen LogP contribution in [0.4, 0.5) is 5.69 Å². The molecule has 3 rings (SSSR count). The highest BCUT2D eigenvalue weighted by Crippen LogP contribution is 2.52. The second-order valence-corrected chi connectivity index (χ2v) is 6.23. The SMILES string of the molecule is CCOC1c2ccccc2NC(c2ccccc2)C1(C)C. The molecule has 0 bridgehead atoms. The molecule has 1 aliphatic heterocycles. The van der Waals surface area contributed by atoms with Crippen molar-refractivity contribution in [1.29, 1.82) is 0 Å². The highest BCUT2D eigenvalue weighted by molar-refractivity contribution is 5.57. The Kier molecular flexibility index (Phi) is 3.73. The molecule has 1 N–H and O–H groups in total. The van der Waals surface area contributed by atoms with Crippen molar-refractivity contribution in [2.45, 2.75) is 32.9 Å². The summed E-state index contributed by atoms with van der Waals surface area (Å²) in [6, 6.07) is 19.4. The number of nitrogens with one attached hydrogen (secondary N) is 1. The summed E-state index contributed by atoms with van der Waals surface area (Å²) in [6.07, 6.45) is 0.102. The Morgan fingerprint density at radius 3 is 2.38 bits per heavy atom. The quantitative estimate of drug-likeness (QED) is 0.858. The van der Waals surface area contributed by atoms with E-state index in [4.69, 9.17) is 4.74 Å². The van der Waals surface area contributed by atoms with E-state index >= 15 is 0 Å². The first-order valence-corrected chi connectivity index (χ1v) is 7.66. The van der Waals surface area contributed by atoms with Gasteiger partial charge >= 0.3 is 0 Å². The molecule has 0 fully saturated rings. The van der Waals surface area contributed by atoms with Crippen molar-refractivity contribution in [2.24, 2.45) is 5.41 Å². The van der Waals surface area contributed by atoms with Crippen molar-refractivity contribution in [2.75, 3.05) is 11.9 Å². The van der Waals surface area contributed by atoms with Crippen molar-refractivity contribution in [3.8, 4) is 0 Å². The topological polar surface area (TPSA) is 21.3 Å². The van der Waals surface area contributed by atoms with E-state index < -0.39 is 0 Å². The Morgan fingerprint density at radius 2 is 1.67 bits per heavy atom. The highest BCUT2D eigenvalue weighted by atomic mass is 16.5. The van der Waals surface area contributed by atoms with Gasteiger partial charge in [-0.1, -0.05) is 62.4 Å². The number of para-hydroxylation sites is 1. The molecule has 0 aliphatic carbocycles. The zero-order valence-corrected chi connectivity index (χ0v) is 13.0. The predicted molar refractivity (Wildman–Crippen MR) is 87.4 cm³/mol. The Bertz CT molecular complexity index is 606. The van der Waals surface area contributed by atoms with Crippen molar-refractivity contribution >= 4 is 5.69 Å². The van der Waals surface area contributed by atoms with Crippen LogP contribution < -0.4 is 5.32 Å². The molecular weight excluding hydrogens is 258 g/mol. The minimum absolute atomic E-state index is 0.0221. The molecule has 2 atom stereocenters. The van der Waals surface area contributed by atoms with E-state index in [2.05, 4.69) is 80.7 Å². The molecular formula is C19H23NO. The maximum absolute atomic E-state index is 6.14. The molecule has 21 heavy (non-hydrogen) atoms. The van der Waals surface area contributed by atoms with E-state index in [1.807, 2.05) is 0 Å². The fourth-order valence-corrected chi connectivity index (χ4v) is 3.38. The third-order valence-electron chi connectivity index (χ3n) is 4.43. The van der Waals surface area contributed by atoms with Crippen LogP contribution in [0.15, 0.2) is 54.6 Å². The number of rotatable bonds is 3. The van der Waals surface area contributed by atoms with Gasteiger partial charge in [0.2, 0.25) is 0 Å². The summed E-state index contributed by atoms with van der Waals surface area (Å²) >= 11 is 0. The van der Waals surface area contributed by atoms with Gasteiger partial charge in [0.05, 0.1) is 12.1 Å². The van der Waals surface area contributed by atoms with Gasteiger partial charge in [-0.15, -0.1) is 0 Å². The number of fused-ring (bicyclic) bond motifs is 1. The number of benzene rings is 2. The largest absolute Gasteiger partial charge is 0.377 e. The van der Waals surface area contributed by atoms with Crippen LogP contribution in [0.1, 0.15) is 44.0 Å². The lowest BCUT2D eigenvalue weighted by Gasteiger charge is -2.46. The highest BCUT2D eigenvalue weighted by Gasteiger charge is 2.44. The summed E-state index contributed by atoms with van der Waals surface area (Å²) in [4.78, 5) is 0. The van der Waals surface area contributed by atoms with Gasteiger partial charge in [0.15, 0.2) is 0 Å². The maximum Gasteiger partial charge on any atom is 0.0918 e. The monoisotopic (exact) mass is 281 g/mol. The molecule has 1 heterocycles. The molecule has 0 saturated heterocycles. The lowest BCUT2D eigenvalue weighted by atomic mass is 9.70. The van der Waals surface area contributed by atoms with Crippen molar-refractivity contribution in [3.63, 3.8) is 0 Å². The van der Waals surface area contributed by atoms with Crippen LogP contribution in [-0.2, 0) is 4.74 Å². The minimum atomic E-state index is -0.0221. The molecule has 2 aromatic rings. The van der Waals surface area contributed by atoms with Gasteiger partial charge in [-0.3, -0.25) is 0 Å². The Labute approximate surface area is 127 Å². The lowest BCUT2D eigenvalue weighted by Crippen LogP contribution is -2.39. The summed E-state index contributed by atoms with van der Waals surface area (Å²) in [5.41, 5.74) is 3.73. The van der Waals surface area contributed by atoms with Gasteiger partial charge in [0.25, 0.3) is 0 Å². The molecule has 0 radical (unpaired) electrons. The molecule has 0 saturated carbocycles. The van der Waals surface area contributed by atoms with Crippen molar-refractivity contribution in [3.05, 3.63) is 65.7 Å². The van der Waals surface area contributed by atoms with Crippen LogP contribution in [-0.4, -0.2) is 6.61 Å². The fraction of sp³-hybridized carbons (Fsp3) is 0.368.